The molecule has 0 aliphatic rings. The molecule has 0 fully saturated rings. The summed E-state index contributed by atoms with van der Waals surface area (Å²) in [6, 6.07) is 6.87. The van der Waals surface area contributed by atoms with Gasteiger partial charge in [-0.2, -0.15) is 0 Å². The average molecular weight is 262 g/mol. The molecule has 0 bridgehead atoms. The quantitative estimate of drug-likeness (QED) is 0.746. The van der Waals surface area contributed by atoms with Crippen LogP contribution in [0, 0.1) is 0 Å². The molecular weight excluding hydrogens is 248 g/mol. The van der Waals surface area contributed by atoms with E-state index in [4.69, 9.17) is 9.52 Å². The number of carbonyl (C=O) groups excluding carboxylic acids is 1. The van der Waals surface area contributed by atoms with Crippen molar-refractivity contribution < 1.29 is 19.1 Å². The molecule has 1 aromatic heterocycles. The zero-order valence-electron chi connectivity index (χ0n) is 10.4. The lowest BCUT2D eigenvalue weighted by molar-refractivity contribution is -0.119. The van der Waals surface area contributed by atoms with Gasteiger partial charge in [-0.05, 0) is 23.8 Å². The topological polar surface area (TPSA) is 91.6 Å². The largest absolute Gasteiger partial charge is 0.475 e. The molecule has 0 aliphatic carbocycles. The van der Waals surface area contributed by atoms with Gasteiger partial charge in [-0.15, -0.1) is 0 Å². The van der Waals surface area contributed by atoms with Crippen LogP contribution in [-0.2, 0) is 11.3 Å². The summed E-state index contributed by atoms with van der Waals surface area (Å²) >= 11 is 0. The number of fused-ring (bicyclic) bond motifs is 1. The van der Waals surface area contributed by atoms with E-state index in [-0.39, 0.29) is 18.2 Å². The molecule has 0 saturated heterocycles. The summed E-state index contributed by atoms with van der Waals surface area (Å²) in [4.78, 5) is 21.8. The first-order valence-corrected chi connectivity index (χ1v) is 5.77. The van der Waals surface area contributed by atoms with Gasteiger partial charge in [-0.25, -0.2) is 4.79 Å². The van der Waals surface area contributed by atoms with Gasteiger partial charge in [-0.1, -0.05) is 6.07 Å². The van der Waals surface area contributed by atoms with E-state index in [2.05, 4.69) is 10.6 Å². The van der Waals surface area contributed by atoms with E-state index >= 15 is 0 Å². The highest BCUT2D eigenvalue weighted by atomic mass is 16.4. The average Bonchev–Trinajstić information content (AvgIpc) is 2.81. The van der Waals surface area contributed by atoms with Crippen molar-refractivity contribution in [2.24, 2.45) is 0 Å². The third kappa shape index (κ3) is 3.11. The number of furan rings is 1. The maximum atomic E-state index is 11.0. The number of carbonyl (C=O) groups is 2. The normalized spacial score (nSPS) is 10.6. The van der Waals surface area contributed by atoms with E-state index < -0.39 is 5.97 Å². The number of hydrogen-bond acceptors (Lipinski definition) is 4. The maximum Gasteiger partial charge on any atom is 0.371 e. The SMILES string of the molecule is CNC(=O)CNCc1ccc2oc(C(=O)O)cc2c1. The molecule has 0 saturated carbocycles. The van der Waals surface area contributed by atoms with Crippen LogP contribution in [0.3, 0.4) is 0 Å². The van der Waals surface area contributed by atoms with Gasteiger partial charge in [0.1, 0.15) is 5.58 Å². The van der Waals surface area contributed by atoms with Crippen molar-refractivity contribution in [3.8, 4) is 0 Å². The molecular formula is C13H14N2O4. The molecule has 0 aliphatic heterocycles. The van der Waals surface area contributed by atoms with E-state index in [9.17, 15) is 9.59 Å². The number of benzene rings is 1. The van der Waals surface area contributed by atoms with Crippen LogP contribution in [0.25, 0.3) is 11.0 Å². The minimum Gasteiger partial charge on any atom is -0.475 e. The smallest absolute Gasteiger partial charge is 0.371 e. The van der Waals surface area contributed by atoms with Crippen molar-refractivity contribution in [3.05, 3.63) is 35.6 Å². The van der Waals surface area contributed by atoms with E-state index in [0.717, 1.165) is 10.9 Å². The Balaban J connectivity index is 2.08. The van der Waals surface area contributed by atoms with Gasteiger partial charge >= 0.3 is 5.97 Å². The molecule has 2 aromatic rings. The first-order valence-electron chi connectivity index (χ1n) is 5.77. The van der Waals surface area contributed by atoms with E-state index in [1.54, 1.807) is 13.1 Å². The van der Waals surface area contributed by atoms with E-state index in [1.807, 2.05) is 12.1 Å². The van der Waals surface area contributed by atoms with Crippen molar-refractivity contribution in [2.75, 3.05) is 13.6 Å². The predicted octanol–water partition coefficient (Wildman–Crippen LogP) is 0.967. The Morgan fingerprint density at radius 1 is 1.32 bits per heavy atom. The van der Waals surface area contributed by atoms with Gasteiger partial charge in [0, 0.05) is 19.0 Å². The standard InChI is InChI=1S/C13H14N2O4/c1-14-12(16)7-15-6-8-2-3-10-9(4-8)5-11(19-10)13(17)18/h2-5,15H,6-7H2,1H3,(H,14,16)(H,17,18). The second-order valence-corrected chi connectivity index (χ2v) is 4.06. The van der Waals surface area contributed by atoms with Crippen molar-refractivity contribution in [1.29, 1.82) is 0 Å². The number of hydrogen-bond donors (Lipinski definition) is 3. The number of amides is 1. The first-order chi connectivity index (χ1) is 9.10. The lowest BCUT2D eigenvalue weighted by Crippen LogP contribution is -2.30. The number of carboxylic acids is 1. The number of likely N-dealkylation sites (N-methyl/N-ethyl adjacent to an activating group) is 1. The number of rotatable bonds is 5. The molecule has 19 heavy (non-hydrogen) atoms. The highest BCUT2D eigenvalue weighted by molar-refractivity contribution is 5.91. The van der Waals surface area contributed by atoms with E-state index in [0.29, 0.717) is 12.1 Å². The highest BCUT2D eigenvalue weighted by Crippen LogP contribution is 2.20. The molecule has 1 aromatic carbocycles. The highest BCUT2D eigenvalue weighted by Gasteiger charge is 2.10. The molecule has 1 heterocycles. The van der Waals surface area contributed by atoms with Crippen LogP contribution < -0.4 is 10.6 Å². The third-order valence-electron chi connectivity index (χ3n) is 2.69. The van der Waals surface area contributed by atoms with Crippen LogP contribution >= 0.6 is 0 Å². The Kier molecular flexibility index (Phi) is 3.82. The van der Waals surface area contributed by atoms with E-state index in [1.165, 1.54) is 6.07 Å². The van der Waals surface area contributed by atoms with Crippen molar-refractivity contribution in [1.82, 2.24) is 10.6 Å². The van der Waals surface area contributed by atoms with Crippen molar-refractivity contribution in [3.63, 3.8) is 0 Å². The molecule has 0 radical (unpaired) electrons. The monoisotopic (exact) mass is 262 g/mol. The predicted molar refractivity (Wildman–Crippen MR) is 68.9 cm³/mol. The summed E-state index contributed by atoms with van der Waals surface area (Å²) in [5, 5.41) is 15.1. The lowest BCUT2D eigenvalue weighted by Gasteiger charge is -2.03. The van der Waals surface area contributed by atoms with Gasteiger partial charge in [0.25, 0.3) is 0 Å². The minimum absolute atomic E-state index is 0.0783. The molecule has 6 heteroatoms. The van der Waals surface area contributed by atoms with Crippen LogP contribution in [0.2, 0.25) is 0 Å². The molecule has 2 rings (SSSR count). The van der Waals surface area contributed by atoms with Gasteiger partial charge < -0.3 is 20.2 Å². The van der Waals surface area contributed by atoms with Gasteiger partial charge in [0.2, 0.25) is 11.7 Å². The summed E-state index contributed by atoms with van der Waals surface area (Å²) in [5.41, 5.74) is 1.49. The number of nitrogens with one attached hydrogen (secondary N) is 2. The van der Waals surface area contributed by atoms with Crippen molar-refractivity contribution in [2.45, 2.75) is 6.54 Å². The molecule has 100 valence electrons. The maximum absolute atomic E-state index is 11.0. The minimum atomic E-state index is -1.09. The summed E-state index contributed by atoms with van der Waals surface area (Å²) in [6.45, 7) is 0.761. The molecule has 1 amide bonds. The molecule has 3 N–H and O–H groups in total. The Labute approximate surface area is 109 Å². The van der Waals surface area contributed by atoms with Crippen LogP contribution in [-0.4, -0.2) is 30.6 Å². The molecule has 0 unspecified atom stereocenters. The third-order valence-corrected chi connectivity index (χ3v) is 2.69. The van der Waals surface area contributed by atoms with Crippen molar-refractivity contribution >= 4 is 22.8 Å². The zero-order valence-corrected chi connectivity index (χ0v) is 10.4. The summed E-state index contributed by atoms with van der Waals surface area (Å²) in [5.74, 6) is -1.25. The fraction of sp³-hybridized carbons (Fsp3) is 0.231. The first kappa shape index (κ1) is 13.1. The Hall–Kier alpha value is -2.34. The number of carboxylic acid groups (broad SMARTS) is 1. The lowest BCUT2D eigenvalue weighted by atomic mass is 10.1. The van der Waals surface area contributed by atoms with Gasteiger partial charge in [0.15, 0.2) is 0 Å². The van der Waals surface area contributed by atoms with Gasteiger partial charge in [0.05, 0.1) is 6.54 Å². The zero-order chi connectivity index (χ0) is 13.8. The van der Waals surface area contributed by atoms with Gasteiger partial charge in [-0.3, -0.25) is 4.79 Å². The number of aromatic carboxylic acids is 1. The summed E-state index contributed by atoms with van der Waals surface area (Å²) < 4.78 is 5.16. The fourth-order valence-corrected chi connectivity index (χ4v) is 1.72. The molecule has 0 spiro atoms. The fourth-order valence-electron chi connectivity index (χ4n) is 1.72. The summed E-state index contributed by atoms with van der Waals surface area (Å²) in [7, 11) is 1.58. The molecule has 6 nitrogen and oxygen atoms in total. The van der Waals surface area contributed by atoms with Crippen LogP contribution in [0.4, 0.5) is 0 Å². The Morgan fingerprint density at radius 3 is 2.79 bits per heavy atom. The van der Waals surface area contributed by atoms with Crippen LogP contribution in [0.1, 0.15) is 16.1 Å². The summed E-state index contributed by atoms with van der Waals surface area (Å²) in [6.07, 6.45) is 0. The Bertz CT molecular complexity index is 618. The second kappa shape index (κ2) is 5.53. The van der Waals surface area contributed by atoms with Crippen LogP contribution in [0.5, 0.6) is 0 Å². The second-order valence-electron chi connectivity index (χ2n) is 4.06. The molecule has 0 atom stereocenters. The Morgan fingerprint density at radius 2 is 2.11 bits per heavy atom. The van der Waals surface area contributed by atoms with Crippen LogP contribution in [0.15, 0.2) is 28.7 Å².